The fourth-order valence-electron chi connectivity index (χ4n) is 2.58. The van der Waals surface area contributed by atoms with E-state index in [1.54, 1.807) is 0 Å². The molecule has 4 heteroatoms. The highest BCUT2D eigenvalue weighted by Crippen LogP contribution is 2.45. The number of rotatable bonds is 4. The smallest absolute Gasteiger partial charge is 0.303 e. The number of hydrogen-bond acceptors (Lipinski definition) is 3. The average Bonchev–Trinajstić information content (AvgIpc) is 3.19. The topological polar surface area (TPSA) is 55.8 Å². The van der Waals surface area contributed by atoms with Crippen molar-refractivity contribution in [1.82, 2.24) is 0 Å². The third kappa shape index (κ3) is 2.34. The van der Waals surface area contributed by atoms with Gasteiger partial charge in [-0.1, -0.05) is 6.07 Å². The fourth-order valence-corrected chi connectivity index (χ4v) is 2.58. The summed E-state index contributed by atoms with van der Waals surface area (Å²) in [7, 11) is 0. The highest BCUT2D eigenvalue weighted by molar-refractivity contribution is 5.68. The van der Waals surface area contributed by atoms with Gasteiger partial charge in [-0.2, -0.15) is 0 Å². The molecule has 18 heavy (non-hydrogen) atoms. The molecule has 1 aliphatic heterocycles. The second kappa shape index (κ2) is 4.61. The summed E-state index contributed by atoms with van der Waals surface area (Å²) < 4.78 is 10.6. The Morgan fingerprint density at radius 3 is 3.00 bits per heavy atom. The van der Waals surface area contributed by atoms with Gasteiger partial charge in [-0.05, 0) is 42.4 Å². The zero-order valence-corrected chi connectivity index (χ0v) is 10.1. The summed E-state index contributed by atoms with van der Waals surface area (Å²) in [5, 5.41) is 9.01. The van der Waals surface area contributed by atoms with Gasteiger partial charge in [0.05, 0.1) is 13.0 Å². The Bertz CT molecular complexity index is 465. The normalized spacial score (nSPS) is 19.8. The first-order valence-corrected chi connectivity index (χ1v) is 6.29. The van der Waals surface area contributed by atoms with Crippen LogP contribution in [0.5, 0.6) is 5.75 Å². The Morgan fingerprint density at radius 1 is 1.44 bits per heavy atom. The average molecular weight is 248 g/mol. The first-order valence-electron chi connectivity index (χ1n) is 6.29. The molecular weight excluding hydrogens is 232 g/mol. The SMILES string of the molecule is O=C(O)CC(c1ccc2c(c1)COCO2)C1CC1. The van der Waals surface area contributed by atoms with E-state index in [1.165, 1.54) is 0 Å². The Labute approximate surface area is 106 Å². The third-order valence-corrected chi connectivity index (χ3v) is 3.65. The second-order valence-corrected chi connectivity index (χ2v) is 5.02. The number of aliphatic carboxylic acids is 1. The van der Waals surface area contributed by atoms with Crippen molar-refractivity contribution in [3.05, 3.63) is 29.3 Å². The highest BCUT2D eigenvalue weighted by atomic mass is 16.7. The van der Waals surface area contributed by atoms with Gasteiger partial charge in [0.25, 0.3) is 0 Å². The van der Waals surface area contributed by atoms with E-state index in [4.69, 9.17) is 14.6 Å². The summed E-state index contributed by atoms with van der Waals surface area (Å²) in [5.74, 6) is 0.797. The monoisotopic (exact) mass is 248 g/mol. The summed E-state index contributed by atoms with van der Waals surface area (Å²) >= 11 is 0. The van der Waals surface area contributed by atoms with Crippen LogP contribution in [0.2, 0.25) is 0 Å². The minimum atomic E-state index is -0.725. The minimum absolute atomic E-state index is 0.134. The number of hydrogen-bond donors (Lipinski definition) is 1. The van der Waals surface area contributed by atoms with E-state index in [-0.39, 0.29) is 12.3 Å². The van der Waals surface area contributed by atoms with E-state index in [9.17, 15) is 4.79 Å². The maximum absolute atomic E-state index is 11.0. The van der Waals surface area contributed by atoms with E-state index < -0.39 is 5.97 Å². The minimum Gasteiger partial charge on any atom is -0.481 e. The van der Waals surface area contributed by atoms with Crippen molar-refractivity contribution < 1.29 is 19.4 Å². The van der Waals surface area contributed by atoms with E-state index in [0.29, 0.717) is 19.3 Å². The van der Waals surface area contributed by atoms with Crippen LogP contribution in [0.15, 0.2) is 18.2 Å². The maximum Gasteiger partial charge on any atom is 0.303 e. The first kappa shape index (κ1) is 11.5. The molecule has 1 fully saturated rings. The standard InChI is InChI=1S/C14H16O4/c15-14(16)6-12(9-1-2-9)10-3-4-13-11(5-10)7-17-8-18-13/h3-5,9,12H,1-2,6-8H2,(H,15,16). The van der Waals surface area contributed by atoms with Crippen LogP contribution in [-0.2, 0) is 16.1 Å². The second-order valence-electron chi connectivity index (χ2n) is 5.02. The number of carboxylic acid groups (broad SMARTS) is 1. The molecule has 3 rings (SSSR count). The Balaban J connectivity index is 1.87. The zero-order chi connectivity index (χ0) is 12.5. The number of carboxylic acids is 1. The van der Waals surface area contributed by atoms with Crippen LogP contribution < -0.4 is 4.74 Å². The van der Waals surface area contributed by atoms with E-state index in [2.05, 4.69) is 0 Å². The number of fused-ring (bicyclic) bond motifs is 1. The van der Waals surface area contributed by atoms with Crippen molar-refractivity contribution in [2.45, 2.75) is 31.8 Å². The summed E-state index contributed by atoms with van der Waals surface area (Å²) in [6.07, 6.45) is 2.50. The number of ether oxygens (including phenoxy) is 2. The van der Waals surface area contributed by atoms with Gasteiger partial charge in [0.2, 0.25) is 0 Å². The van der Waals surface area contributed by atoms with Crippen molar-refractivity contribution >= 4 is 5.97 Å². The van der Waals surface area contributed by atoms with Crippen molar-refractivity contribution in [2.24, 2.45) is 5.92 Å². The lowest BCUT2D eigenvalue weighted by Crippen LogP contribution is -2.13. The number of carbonyl (C=O) groups is 1. The fraction of sp³-hybridized carbons (Fsp3) is 0.500. The molecular formula is C14H16O4. The van der Waals surface area contributed by atoms with Crippen molar-refractivity contribution in [3.8, 4) is 5.75 Å². The van der Waals surface area contributed by atoms with Gasteiger partial charge >= 0.3 is 5.97 Å². The lowest BCUT2D eigenvalue weighted by Gasteiger charge is -2.21. The predicted molar refractivity (Wildman–Crippen MR) is 64.4 cm³/mol. The van der Waals surface area contributed by atoms with Crippen molar-refractivity contribution in [3.63, 3.8) is 0 Å². The molecule has 0 bridgehead atoms. The zero-order valence-electron chi connectivity index (χ0n) is 10.1. The molecule has 1 aliphatic carbocycles. The Hall–Kier alpha value is -1.55. The lowest BCUT2D eigenvalue weighted by molar-refractivity contribution is -0.137. The number of benzene rings is 1. The van der Waals surface area contributed by atoms with Crippen LogP contribution in [0.1, 0.15) is 36.3 Å². The molecule has 1 aromatic carbocycles. The Morgan fingerprint density at radius 2 is 2.28 bits per heavy atom. The first-order chi connectivity index (χ1) is 8.74. The van der Waals surface area contributed by atoms with E-state index in [1.807, 2.05) is 18.2 Å². The van der Waals surface area contributed by atoms with Gasteiger partial charge in [0.15, 0.2) is 6.79 Å². The van der Waals surface area contributed by atoms with Crippen molar-refractivity contribution in [2.75, 3.05) is 6.79 Å². The molecule has 1 atom stereocenters. The molecule has 1 aromatic rings. The molecule has 0 radical (unpaired) electrons. The van der Waals surface area contributed by atoms with Gasteiger partial charge in [-0.25, -0.2) is 0 Å². The molecule has 0 spiro atoms. The van der Waals surface area contributed by atoms with Crippen LogP contribution in [0.25, 0.3) is 0 Å². The molecule has 4 nitrogen and oxygen atoms in total. The van der Waals surface area contributed by atoms with Gasteiger partial charge in [-0.15, -0.1) is 0 Å². The summed E-state index contributed by atoms with van der Waals surface area (Å²) in [6.45, 7) is 0.848. The molecule has 0 saturated heterocycles. The molecule has 2 aliphatic rings. The molecule has 0 amide bonds. The summed E-state index contributed by atoms with van der Waals surface area (Å²) in [6, 6.07) is 5.97. The highest BCUT2D eigenvalue weighted by Gasteiger charge is 2.34. The summed E-state index contributed by atoms with van der Waals surface area (Å²) in [4.78, 5) is 11.0. The van der Waals surface area contributed by atoms with Gasteiger partial charge in [-0.3, -0.25) is 4.79 Å². The molecule has 1 unspecified atom stereocenters. The van der Waals surface area contributed by atoms with E-state index in [0.717, 1.165) is 29.7 Å². The largest absolute Gasteiger partial charge is 0.481 e. The predicted octanol–water partition coefficient (Wildman–Crippen LogP) is 2.52. The van der Waals surface area contributed by atoms with Crippen LogP contribution in [0.4, 0.5) is 0 Å². The third-order valence-electron chi connectivity index (χ3n) is 3.65. The Kier molecular flexibility index (Phi) is 2.96. The van der Waals surface area contributed by atoms with E-state index >= 15 is 0 Å². The molecule has 1 saturated carbocycles. The van der Waals surface area contributed by atoms with Crippen LogP contribution in [-0.4, -0.2) is 17.9 Å². The van der Waals surface area contributed by atoms with Gasteiger partial charge in [0.1, 0.15) is 5.75 Å². The van der Waals surface area contributed by atoms with Crippen LogP contribution >= 0.6 is 0 Å². The molecule has 0 aromatic heterocycles. The lowest BCUT2D eigenvalue weighted by atomic mass is 9.90. The van der Waals surface area contributed by atoms with Gasteiger partial charge < -0.3 is 14.6 Å². The molecule has 96 valence electrons. The summed E-state index contributed by atoms with van der Waals surface area (Å²) in [5.41, 5.74) is 2.13. The van der Waals surface area contributed by atoms with Crippen LogP contribution in [0.3, 0.4) is 0 Å². The van der Waals surface area contributed by atoms with Crippen molar-refractivity contribution in [1.29, 1.82) is 0 Å². The molecule has 1 N–H and O–H groups in total. The van der Waals surface area contributed by atoms with Gasteiger partial charge in [0, 0.05) is 5.56 Å². The molecule has 1 heterocycles. The quantitative estimate of drug-likeness (QED) is 0.889. The maximum atomic E-state index is 11.0. The van der Waals surface area contributed by atoms with Crippen LogP contribution in [0, 0.1) is 5.92 Å².